The molecule has 0 bridgehead atoms. The van der Waals surface area contributed by atoms with Gasteiger partial charge in [-0.15, -0.1) is 23.5 Å². The van der Waals surface area contributed by atoms with E-state index in [0.29, 0.717) is 5.75 Å². The summed E-state index contributed by atoms with van der Waals surface area (Å²) in [5.74, 6) is 0.578. The van der Waals surface area contributed by atoms with Crippen LogP contribution in [0.5, 0.6) is 11.5 Å². The van der Waals surface area contributed by atoms with E-state index in [9.17, 15) is 10.2 Å². The van der Waals surface area contributed by atoms with Crippen molar-refractivity contribution in [3.8, 4) is 11.5 Å². The quantitative estimate of drug-likeness (QED) is 0.325. The standard InChI is InChI=1S/C31H47O2S2/c1-27(2,3)20-15-16-23(24(26(20)33)30(10,11)12)35-31(13,14)34-19-17-21(28(4,5)6)25(32)22(18-19)29(7,8)9/h15-18,32H,1-14H3. The molecule has 0 aliphatic carbocycles. The summed E-state index contributed by atoms with van der Waals surface area (Å²) < 4.78 is -0.225. The largest absolute Gasteiger partial charge is 0.507 e. The molecular weight excluding hydrogens is 468 g/mol. The summed E-state index contributed by atoms with van der Waals surface area (Å²) in [5.41, 5.74) is 2.94. The molecule has 0 saturated carbocycles. The van der Waals surface area contributed by atoms with Gasteiger partial charge in [0.1, 0.15) is 5.75 Å². The Bertz CT molecular complexity index is 1030. The number of thioether (sulfide) groups is 2. The first-order valence-corrected chi connectivity index (χ1v) is 14.2. The Labute approximate surface area is 223 Å². The zero-order chi connectivity index (χ0) is 27.4. The van der Waals surface area contributed by atoms with Crippen LogP contribution in [0.15, 0.2) is 34.1 Å². The smallest absolute Gasteiger partial charge is 0.187 e. The van der Waals surface area contributed by atoms with Crippen LogP contribution in [0.25, 0.3) is 0 Å². The number of hydrogen-bond donors (Lipinski definition) is 1. The molecule has 1 N–H and O–H groups in total. The number of phenolic OH excluding ortho intramolecular Hbond substituents is 1. The predicted octanol–water partition coefficient (Wildman–Crippen LogP) is 10.3. The second-order valence-corrected chi connectivity index (χ2v) is 17.9. The van der Waals surface area contributed by atoms with Gasteiger partial charge >= 0.3 is 0 Å². The Morgan fingerprint density at radius 3 is 1.40 bits per heavy atom. The van der Waals surface area contributed by atoms with Crippen molar-refractivity contribution in [2.75, 3.05) is 0 Å². The lowest BCUT2D eigenvalue weighted by atomic mass is 9.79. The maximum Gasteiger partial charge on any atom is 0.187 e. The Morgan fingerprint density at radius 1 is 0.600 bits per heavy atom. The highest BCUT2D eigenvalue weighted by atomic mass is 32.2. The molecule has 0 aliphatic heterocycles. The zero-order valence-electron chi connectivity index (χ0n) is 24.5. The van der Waals surface area contributed by atoms with Gasteiger partial charge in [0.15, 0.2) is 5.75 Å². The van der Waals surface area contributed by atoms with E-state index in [0.717, 1.165) is 32.0 Å². The van der Waals surface area contributed by atoms with Crippen LogP contribution in [0.2, 0.25) is 0 Å². The predicted molar refractivity (Wildman–Crippen MR) is 155 cm³/mol. The molecule has 2 rings (SSSR count). The molecule has 0 saturated heterocycles. The van der Waals surface area contributed by atoms with Crippen molar-refractivity contribution in [2.24, 2.45) is 0 Å². The molecule has 2 aromatic carbocycles. The number of phenols is 1. The van der Waals surface area contributed by atoms with Crippen molar-refractivity contribution in [1.82, 2.24) is 0 Å². The first-order chi connectivity index (χ1) is 15.4. The van der Waals surface area contributed by atoms with Gasteiger partial charge < -0.3 is 5.11 Å². The molecule has 195 valence electrons. The van der Waals surface area contributed by atoms with Gasteiger partial charge in [-0.05, 0) is 53.7 Å². The minimum absolute atomic E-state index is 0.169. The molecule has 0 amide bonds. The van der Waals surface area contributed by atoms with Gasteiger partial charge in [0.2, 0.25) is 0 Å². The average Bonchev–Trinajstić information content (AvgIpc) is 2.58. The molecule has 0 aromatic heterocycles. The highest BCUT2D eigenvalue weighted by Crippen LogP contribution is 2.52. The monoisotopic (exact) mass is 515 g/mol. The maximum atomic E-state index is 13.6. The van der Waals surface area contributed by atoms with Gasteiger partial charge in [0.25, 0.3) is 0 Å². The van der Waals surface area contributed by atoms with Crippen molar-refractivity contribution in [3.05, 3.63) is 46.5 Å². The van der Waals surface area contributed by atoms with Gasteiger partial charge in [0, 0.05) is 32.0 Å². The van der Waals surface area contributed by atoms with Crippen LogP contribution >= 0.6 is 23.5 Å². The normalized spacial score (nSPS) is 13.9. The lowest BCUT2D eigenvalue weighted by molar-refractivity contribution is 0.325. The summed E-state index contributed by atoms with van der Waals surface area (Å²) in [6.07, 6.45) is 0. The highest BCUT2D eigenvalue weighted by Gasteiger charge is 2.33. The van der Waals surface area contributed by atoms with Crippen molar-refractivity contribution >= 4 is 23.5 Å². The first kappa shape index (κ1) is 30.0. The average molecular weight is 516 g/mol. The summed E-state index contributed by atoms with van der Waals surface area (Å²) in [6.45, 7) is 30.0. The summed E-state index contributed by atoms with van der Waals surface area (Å²) in [6, 6.07) is 8.46. The molecular formula is C31H47O2S2. The molecule has 2 aromatic rings. The van der Waals surface area contributed by atoms with Crippen molar-refractivity contribution < 1.29 is 10.2 Å². The Balaban J connectivity index is 2.58. The third kappa shape index (κ3) is 7.16. The van der Waals surface area contributed by atoms with Gasteiger partial charge in [-0.25, -0.2) is 0 Å². The van der Waals surface area contributed by atoms with Crippen LogP contribution in [0.1, 0.15) is 119 Å². The summed E-state index contributed by atoms with van der Waals surface area (Å²) in [5, 5.41) is 24.7. The van der Waals surface area contributed by atoms with Crippen molar-refractivity contribution in [2.45, 2.75) is 132 Å². The van der Waals surface area contributed by atoms with E-state index in [-0.39, 0.29) is 31.5 Å². The van der Waals surface area contributed by atoms with Crippen molar-refractivity contribution in [1.29, 1.82) is 0 Å². The molecule has 0 fully saturated rings. The molecule has 0 atom stereocenters. The van der Waals surface area contributed by atoms with Crippen LogP contribution in [-0.4, -0.2) is 9.19 Å². The molecule has 4 heteroatoms. The SMILES string of the molecule is CC(C)(Sc1cc(C(C)(C)C)c(O)c(C(C)(C)C)c1)Sc1ccc(C(C)(C)C)c([O])c1C(C)(C)C. The summed E-state index contributed by atoms with van der Waals surface area (Å²) in [7, 11) is 0. The second kappa shape index (κ2) is 9.56. The molecule has 0 spiro atoms. The third-order valence-electron chi connectivity index (χ3n) is 6.10. The minimum atomic E-state index is -0.251. The van der Waals surface area contributed by atoms with E-state index in [4.69, 9.17) is 0 Å². The fourth-order valence-corrected chi connectivity index (χ4v) is 7.14. The molecule has 0 aliphatic rings. The van der Waals surface area contributed by atoms with E-state index in [1.165, 1.54) is 0 Å². The van der Waals surface area contributed by atoms with Gasteiger partial charge in [-0.1, -0.05) is 89.2 Å². The second-order valence-electron chi connectivity index (χ2n) is 14.3. The number of hydrogen-bond acceptors (Lipinski definition) is 3. The molecule has 2 nitrogen and oxygen atoms in total. The lowest BCUT2D eigenvalue weighted by Gasteiger charge is -2.32. The maximum absolute atomic E-state index is 13.6. The Kier molecular flexibility index (Phi) is 8.18. The molecule has 0 heterocycles. The topological polar surface area (TPSA) is 40.1 Å². The fraction of sp³-hybridized carbons (Fsp3) is 0.613. The highest BCUT2D eigenvalue weighted by molar-refractivity contribution is 8.18. The van der Waals surface area contributed by atoms with Gasteiger partial charge in [0.05, 0.1) is 4.08 Å². The third-order valence-corrected chi connectivity index (χ3v) is 8.61. The van der Waals surface area contributed by atoms with Crippen LogP contribution < -0.4 is 0 Å². The fourth-order valence-electron chi connectivity index (χ4n) is 4.33. The van der Waals surface area contributed by atoms with E-state index < -0.39 is 0 Å². The van der Waals surface area contributed by atoms with E-state index >= 15 is 0 Å². The summed E-state index contributed by atoms with van der Waals surface area (Å²) >= 11 is 3.55. The van der Waals surface area contributed by atoms with Crippen LogP contribution in [0, 0.1) is 0 Å². The van der Waals surface area contributed by atoms with Crippen LogP contribution in [0.3, 0.4) is 0 Å². The first-order valence-electron chi connectivity index (χ1n) is 12.6. The number of benzene rings is 2. The molecule has 35 heavy (non-hydrogen) atoms. The minimum Gasteiger partial charge on any atom is -0.507 e. The van der Waals surface area contributed by atoms with Crippen LogP contribution in [0.4, 0.5) is 0 Å². The number of aromatic hydroxyl groups is 1. The Hall–Kier alpha value is -1.26. The number of rotatable bonds is 4. The molecule has 1 radical (unpaired) electrons. The van der Waals surface area contributed by atoms with Gasteiger partial charge in [-0.3, -0.25) is 5.11 Å². The lowest BCUT2D eigenvalue weighted by Crippen LogP contribution is -2.19. The van der Waals surface area contributed by atoms with Crippen molar-refractivity contribution in [3.63, 3.8) is 0 Å². The Morgan fingerprint density at radius 2 is 1.03 bits per heavy atom. The zero-order valence-corrected chi connectivity index (χ0v) is 26.1. The van der Waals surface area contributed by atoms with Gasteiger partial charge in [-0.2, -0.15) is 0 Å². The van der Waals surface area contributed by atoms with Crippen LogP contribution in [-0.2, 0) is 26.8 Å². The molecule has 0 unspecified atom stereocenters. The van der Waals surface area contributed by atoms with E-state index in [1.807, 2.05) is 6.07 Å². The van der Waals surface area contributed by atoms with E-state index in [1.54, 1.807) is 23.5 Å². The summed E-state index contributed by atoms with van der Waals surface area (Å²) in [4.78, 5) is 2.19. The van der Waals surface area contributed by atoms with E-state index in [2.05, 4.69) is 115 Å².